The minimum absolute atomic E-state index is 1.23. The first kappa shape index (κ1) is 52.2. The molecule has 1 rings (SSSR count). The molecule has 0 aliphatic carbocycles. The molecule has 326 valence electrons. The number of aromatic nitrogens is 2. The van der Waals surface area contributed by atoms with Gasteiger partial charge in [0.05, 0.1) is 13.1 Å². The van der Waals surface area contributed by atoms with E-state index in [-0.39, 0.29) is 0 Å². The van der Waals surface area contributed by atoms with Crippen molar-refractivity contribution in [1.29, 1.82) is 0 Å². The molecule has 0 bridgehead atoms. The van der Waals surface area contributed by atoms with Crippen LogP contribution in [0, 0.1) is 0 Å². The maximum Gasteiger partial charge on any atom is 0.256 e. The SMILES string of the molecule is CCCCCCCCCCCCCCCCCC[n+]1ccn(CCCCCCCCCCCCCCC)c1CCCCCCCCCCCCCCCCC. The molecule has 0 saturated heterocycles. The Morgan fingerprint density at radius 2 is 0.564 bits per heavy atom. The van der Waals surface area contributed by atoms with Crippen LogP contribution in [-0.2, 0) is 19.5 Å². The zero-order valence-corrected chi connectivity index (χ0v) is 38.8. The summed E-state index contributed by atoms with van der Waals surface area (Å²) in [5.74, 6) is 1.63. The van der Waals surface area contributed by atoms with Crippen LogP contribution in [0.1, 0.15) is 309 Å². The Kier molecular flexibility index (Phi) is 42.1. The molecule has 0 fully saturated rings. The average molecular weight is 770 g/mol. The van der Waals surface area contributed by atoms with Crippen molar-refractivity contribution < 1.29 is 4.57 Å². The first-order valence-corrected chi connectivity index (χ1v) is 26.4. The summed E-state index contributed by atoms with van der Waals surface area (Å²) in [6.07, 6.45) is 69.8. The monoisotopic (exact) mass is 770 g/mol. The molecule has 0 atom stereocenters. The fourth-order valence-electron chi connectivity index (χ4n) is 8.98. The Balaban J connectivity index is 2.25. The Morgan fingerprint density at radius 3 is 0.873 bits per heavy atom. The lowest BCUT2D eigenvalue weighted by molar-refractivity contribution is -0.704. The molecule has 0 aliphatic heterocycles. The third-order valence-corrected chi connectivity index (χ3v) is 12.8. The van der Waals surface area contributed by atoms with Crippen molar-refractivity contribution in [3.8, 4) is 0 Å². The molecule has 1 aromatic heterocycles. The normalized spacial score (nSPS) is 11.7. The van der Waals surface area contributed by atoms with Gasteiger partial charge in [-0.1, -0.05) is 271 Å². The number of nitrogens with zero attached hydrogens (tertiary/aromatic N) is 2. The summed E-state index contributed by atoms with van der Waals surface area (Å²) in [5.41, 5.74) is 0. The molecule has 1 heterocycles. The Morgan fingerprint density at radius 1 is 0.309 bits per heavy atom. The van der Waals surface area contributed by atoms with Crippen molar-refractivity contribution in [2.24, 2.45) is 0 Å². The molecule has 1 aromatic rings. The van der Waals surface area contributed by atoms with Crippen LogP contribution in [0.25, 0.3) is 0 Å². The van der Waals surface area contributed by atoms with Gasteiger partial charge in [0.25, 0.3) is 5.82 Å². The number of rotatable bonds is 47. The van der Waals surface area contributed by atoms with E-state index >= 15 is 0 Å². The van der Waals surface area contributed by atoms with Crippen LogP contribution in [0.3, 0.4) is 0 Å². The van der Waals surface area contributed by atoms with Crippen molar-refractivity contribution in [2.45, 2.75) is 323 Å². The van der Waals surface area contributed by atoms with Crippen LogP contribution < -0.4 is 4.57 Å². The van der Waals surface area contributed by atoms with Gasteiger partial charge < -0.3 is 0 Å². The van der Waals surface area contributed by atoms with Crippen molar-refractivity contribution in [3.63, 3.8) is 0 Å². The number of hydrogen-bond donors (Lipinski definition) is 0. The summed E-state index contributed by atoms with van der Waals surface area (Å²) in [6, 6.07) is 0. The molecule has 0 aromatic carbocycles. The predicted molar refractivity (Wildman–Crippen MR) is 249 cm³/mol. The number of aryl methyl sites for hydroxylation is 2. The van der Waals surface area contributed by atoms with E-state index in [2.05, 4.69) is 42.3 Å². The molecular formula is C53H105N2+. The summed E-state index contributed by atoms with van der Waals surface area (Å²) < 4.78 is 5.32. The van der Waals surface area contributed by atoms with E-state index in [0.29, 0.717) is 0 Å². The molecule has 0 N–H and O–H groups in total. The second-order valence-electron chi connectivity index (χ2n) is 18.3. The summed E-state index contributed by atoms with van der Waals surface area (Å²) in [6.45, 7) is 9.42. The Labute approximate surface area is 349 Å². The van der Waals surface area contributed by atoms with Gasteiger partial charge in [0.2, 0.25) is 0 Å². The van der Waals surface area contributed by atoms with Crippen LogP contribution >= 0.6 is 0 Å². The highest BCUT2D eigenvalue weighted by Crippen LogP contribution is 2.17. The van der Waals surface area contributed by atoms with Gasteiger partial charge in [-0.25, -0.2) is 9.13 Å². The Bertz CT molecular complexity index is 841. The van der Waals surface area contributed by atoms with Crippen molar-refractivity contribution in [1.82, 2.24) is 4.57 Å². The fourth-order valence-corrected chi connectivity index (χ4v) is 8.98. The van der Waals surface area contributed by atoms with Crippen LogP contribution in [0.2, 0.25) is 0 Å². The van der Waals surface area contributed by atoms with E-state index in [9.17, 15) is 0 Å². The lowest BCUT2D eigenvalue weighted by atomic mass is 10.0. The van der Waals surface area contributed by atoms with Gasteiger partial charge in [0.15, 0.2) is 0 Å². The van der Waals surface area contributed by atoms with Crippen LogP contribution in [-0.4, -0.2) is 4.57 Å². The quantitative estimate of drug-likeness (QED) is 0.0461. The Hall–Kier alpha value is -0.790. The second kappa shape index (κ2) is 44.3. The van der Waals surface area contributed by atoms with E-state index in [4.69, 9.17) is 0 Å². The van der Waals surface area contributed by atoms with E-state index in [0.717, 1.165) is 0 Å². The minimum atomic E-state index is 1.23. The van der Waals surface area contributed by atoms with Gasteiger partial charge in [-0.2, -0.15) is 0 Å². The lowest BCUT2D eigenvalue weighted by Gasteiger charge is -2.07. The van der Waals surface area contributed by atoms with Crippen LogP contribution in [0.4, 0.5) is 0 Å². The largest absolute Gasteiger partial charge is 0.256 e. The molecule has 2 nitrogen and oxygen atoms in total. The molecule has 0 saturated carbocycles. The first-order valence-electron chi connectivity index (χ1n) is 26.4. The molecule has 0 spiro atoms. The molecule has 0 aliphatic rings. The predicted octanol–water partition coefficient (Wildman–Crippen LogP) is 18.5. The number of hydrogen-bond acceptors (Lipinski definition) is 0. The van der Waals surface area contributed by atoms with E-state index in [1.54, 1.807) is 5.82 Å². The van der Waals surface area contributed by atoms with Crippen LogP contribution in [0.5, 0.6) is 0 Å². The van der Waals surface area contributed by atoms with E-state index in [1.807, 2.05) is 0 Å². The molecule has 0 radical (unpaired) electrons. The maximum atomic E-state index is 2.66. The van der Waals surface area contributed by atoms with E-state index < -0.39 is 0 Å². The van der Waals surface area contributed by atoms with Gasteiger partial charge in [0, 0.05) is 6.42 Å². The number of imidazole rings is 1. The maximum absolute atomic E-state index is 2.66. The van der Waals surface area contributed by atoms with Gasteiger partial charge in [-0.05, 0) is 32.1 Å². The second-order valence-corrected chi connectivity index (χ2v) is 18.3. The molecule has 55 heavy (non-hydrogen) atoms. The highest BCUT2D eigenvalue weighted by Gasteiger charge is 2.16. The van der Waals surface area contributed by atoms with Gasteiger partial charge >= 0.3 is 0 Å². The van der Waals surface area contributed by atoms with Crippen molar-refractivity contribution in [2.75, 3.05) is 0 Å². The highest BCUT2D eigenvalue weighted by molar-refractivity contribution is 4.84. The lowest BCUT2D eigenvalue weighted by Crippen LogP contribution is -2.37. The molecule has 0 unspecified atom stereocenters. The zero-order valence-electron chi connectivity index (χ0n) is 38.8. The summed E-state index contributed by atoms with van der Waals surface area (Å²) in [5, 5.41) is 0. The fraction of sp³-hybridized carbons (Fsp3) is 0.943. The third kappa shape index (κ3) is 36.1. The summed E-state index contributed by atoms with van der Waals surface area (Å²) in [7, 11) is 0. The zero-order chi connectivity index (χ0) is 39.4. The smallest absolute Gasteiger partial charge is 0.234 e. The van der Waals surface area contributed by atoms with Gasteiger partial charge in [-0.15, -0.1) is 0 Å². The summed E-state index contributed by atoms with van der Waals surface area (Å²) in [4.78, 5) is 0. The van der Waals surface area contributed by atoms with Gasteiger partial charge in [0.1, 0.15) is 12.4 Å². The minimum Gasteiger partial charge on any atom is -0.234 e. The van der Waals surface area contributed by atoms with Crippen LogP contribution in [0.15, 0.2) is 12.4 Å². The highest BCUT2D eigenvalue weighted by atomic mass is 15.1. The van der Waals surface area contributed by atoms with Crippen molar-refractivity contribution in [3.05, 3.63) is 18.2 Å². The molecular weight excluding hydrogens is 665 g/mol. The topological polar surface area (TPSA) is 8.81 Å². The number of unbranched alkanes of at least 4 members (excludes halogenated alkanes) is 41. The summed E-state index contributed by atoms with van der Waals surface area (Å²) >= 11 is 0. The molecule has 0 amide bonds. The van der Waals surface area contributed by atoms with E-state index in [1.165, 1.54) is 302 Å². The van der Waals surface area contributed by atoms with Gasteiger partial charge in [-0.3, -0.25) is 0 Å². The van der Waals surface area contributed by atoms with Crippen molar-refractivity contribution >= 4 is 0 Å². The average Bonchev–Trinajstić information content (AvgIpc) is 3.58. The molecule has 2 heteroatoms. The third-order valence-electron chi connectivity index (χ3n) is 12.8. The standard InChI is InChI=1S/C53H105N2/c1-4-7-10-13-16-19-22-25-27-29-32-35-38-41-44-47-50-55-52-51-54(49-46-43-40-37-34-31-24-21-18-15-12-9-6-3)53(55)48-45-42-39-36-33-30-28-26-23-20-17-14-11-8-5-2/h51-52H,4-50H2,1-3H3/q+1. The first-order chi connectivity index (χ1) is 27.3.